The lowest BCUT2D eigenvalue weighted by Gasteiger charge is -2.39. The molecule has 0 bridgehead atoms. The molecule has 4 heteroatoms. The minimum atomic E-state index is -0.249. The Balaban J connectivity index is 1.67. The third-order valence-corrected chi connectivity index (χ3v) is 6.14. The number of aliphatic hydroxyl groups is 1. The first kappa shape index (κ1) is 17.7. The second kappa shape index (κ2) is 7.10. The summed E-state index contributed by atoms with van der Waals surface area (Å²) < 4.78 is 13.5. The Morgan fingerprint density at radius 2 is 1.77 bits per heavy atom. The number of nitrogens with one attached hydrogen (secondary N) is 1. The summed E-state index contributed by atoms with van der Waals surface area (Å²) >= 11 is 0. The molecule has 3 atom stereocenters. The van der Waals surface area contributed by atoms with Crippen molar-refractivity contribution in [1.29, 1.82) is 0 Å². The van der Waals surface area contributed by atoms with Gasteiger partial charge in [-0.3, -0.25) is 4.90 Å². The lowest BCUT2D eigenvalue weighted by atomic mass is 9.77. The van der Waals surface area contributed by atoms with Gasteiger partial charge in [-0.2, -0.15) is 0 Å². The number of benzene rings is 2. The monoisotopic (exact) mass is 354 g/mol. The molecule has 2 aliphatic rings. The number of aliphatic hydroxyl groups excluding tert-OH is 1. The molecular formula is C22H27FN2O. The third kappa shape index (κ3) is 3.29. The van der Waals surface area contributed by atoms with Gasteiger partial charge >= 0.3 is 0 Å². The zero-order valence-corrected chi connectivity index (χ0v) is 15.3. The highest BCUT2D eigenvalue weighted by atomic mass is 19.1. The van der Waals surface area contributed by atoms with E-state index in [9.17, 15) is 9.50 Å². The number of piperidine rings is 1. The van der Waals surface area contributed by atoms with E-state index in [4.69, 9.17) is 0 Å². The normalized spacial score (nSPS) is 27.7. The van der Waals surface area contributed by atoms with Gasteiger partial charge in [-0.1, -0.05) is 42.0 Å². The predicted molar refractivity (Wildman–Crippen MR) is 102 cm³/mol. The standard InChI is InChI=1S/C22H27FN2O/c1-16-2-4-17(5-3-16)21(18-6-8-19(23)9-7-18)25-13-11-22(15-25)14-24-12-10-20(22)26/h2-9,20-21,24,26H,10-15H2,1H3. The summed E-state index contributed by atoms with van der Waals surface area (Å²) in [4.78, 5) is 2.45. The molecule has 4 rings (SSSR count). The van der Waals surface area contributed by atoms with Crippen LogP contribution in [0.2, 0.25) is 0 Å². The van der Waals surface area contributed by atoms with Crippen molar-refractivity contribution >= 4 is 0 Å². The molecule has 2 aromatic carbocycles. The van der Waals surface area contributed by atoms with Crippen molar-refractivity contribution in [2.45, 2.75) is 31.9 Å². The van der Waals surface area contributed by atoms with Gasteiger partial charge < -0.3 is 10.4 Å². The maximum atomic E-state index is 13.5. The van der Waals surface area contributed by atoms with E-state index in [0.717, 1.165) is 44.6 Å². The van der Waals surface area contributed by atoms with E-state index in [1.54, 1.807) is 12.1 Å². The van der Waals surface area contributed by atoms with E-state index in [0.29, 0.717) is 0 Å². The lowest BCUT2D eigenvalue weighted by Crippen LogP contribution is -2.51. The van der Waals surface area contributed by atoms with E-state index < -0.39 is 0 Å². The van der Waals surface area contributed by atoms with Crippen molar-refractivity contribution in [3.05, 3.63) is 71.0 Å². The van der Waals surface area contributed by atoms with Gasteiger partial charge in [0.1, 0.15) is 5.82 Å². The topological polar surface area (TPSA) is 35.5 Å². The predicted octanol–water partition coefficient (Wildman–Crippen LogP) is 3.27. The smallest absolute Gasteiger partial charge is 0.123 e. The van der Waals surface area contributed by atoms with Gasteiger partial charge in [0.15, 0.2) is 0 Å². The number of likely N-dealkylation sites (tertiary alicyclic amines) is 1. The Morgan fingerprint density at radius 3 is 2.42 bits per heavy atom. The molecule has 3 unspecified atom stereocenters. The van der Waals surface area contributed by atoms with Crippen molar-refractivity contribution in [1.82, 2.24) is 10.2 Å². The molecule has 0 aromatic heterocycles. The van der Waals surface area contributed by atoms with Crippen LogP contribution in [0, 0.1) is 18.2 Å². The average Bonchev–Trinajstić information content (AvgIpc) is 3.06. The van der Waals surface area contributed by atoms with Gasteiger partial charge in [0.25, 0.3) is 0 Å². The highest BCUT2D eigenvalue weighted by Gasteiger charge is 2.46. The third-order valence-electron chi connectivity index (χ3n) is 6.14. The summed E-state index contributed by atoms with van der Waals surface area (Å²) in [5.41, 5.74) is 3.49. The summed E-state index contributed by atoms with van der Waals surface area (Å²) in [5.74, 6) is -0.207. The van der Waals surface area contributed by atoms with Gasteiger partial charge in [0, 0.05) is 18.5 Å². The highest BCUT2D eigenvalue weighted by Crippen LogP contribution is 2.42. The molecule has 2 saturated heterocycles. The first-order valence-corrected chi connectivity index (χ1v) is 9.52. The first-order valence-electron chi connectivity index (χ1n) is 9.52. The molecule has 0 saturated carbocycles. The molecule has 2 N–H and O–H groups in total. The molecular weight excluding hydrogens is 327 g/mol. The molecule has 0 aliphatic carbocycles. The molecule has 2 aromatic rings. The number of rotatable bonds is 3. The van der Waals surface area contributed by atoms with Crippen LogP contribution in [-0.4, -0.2) is 42.3 Å². The average molecular weight is 354 g/mol. The Hall–Kier alpha value is -1.75. The van der Waals surface area contributed by atoms with Crippen molar-refractivity contribution in [3.8, 4) is 0 Å². The van der Waals surface area contributed by atoms with Gasteiger partial charge in [0.2, 0.25) is 0 Å². The second-order valence-corrected chi connectivity index (χ2v) is 7.93. The molecule has 2 fully saturated rings. The van der Waals surface area contributed by atoms with Crippen LogP contribution >= 0.6 is 0 Å². The van der Waals surface area contributed by atoms with Crippen LogP contribution in [-0.2, 0) is 0 Å². The Labute approximate surface area is 154 Å². The molecule has 138 valence electrons. The van der Waals surface area contributed by atoms with Crippen molar-refractivity contribution in [2.24, 2.45) is 5.41 Å². The molecule has 0 radical (unpaired) electrons. The van der Waals surface area contributed by atoms with Crippen molar-refractivity contribution in [2.75, 3.05) is 26.2 Å². The maximum absolute atomic E-state index is 13.5. The second-order valence-electron chi connectivity index (χ2n) is 7.93. The number of nitrogens with zero attached hydrogens (tertiary/aromatic N) is 1. The van der Waals surface area contributed by atoms with Crippen LogP contribution in [0.5, 0.6) is 0 Å². The summed E-state index contributed by atoms with van der Waals surface area (Å²) in [7, 11) is 0. The van der Waals surface area contributed by atoms with Gasteiger partial charge in [-0.15, -0.1) is 0 Å². The van der Waals surface area contributed by atoms with E-state index in [1.165, 1.54) is 11.1 Å². The summed E-state index contributed by atoms with van der Waals surface area (Å²) in [6, 6.07) is 15.6. The minimum absolute atomic E-state index is 0.0682. The van der Waals surface area contributed by atoms with Crippen LogP contribution in [0.3, 0.4) is 0 Å². The largest absolute Gasteiger partial charge is 0.392 e. The Bertz CT molecular complexity index is 700. The van der Waals surface area contributed by atoms with E-state index >= 15 is 0 Å². The molecule has 26 heavy (non-hydrogen) atoms. The van der Waals surface area contributed by atoms with Gasteiger partial charge in [-0.05, 0) is 56.1 Å². The van der Waals surface area contributed by atoms with Gasteiger partial charge in [-0.25, -0.2) is 4.39 Å². The van der Waals surface area contributed by atoms with Crippen molar-refractivity contribution in [3.63, 3.8) is 0 Å². The van der Waals surface area contributed by atoms with Crippen LogP contribution in [0.25, 0.3) is 0 Å². The van der Waals surface area contributed by atoms with Gasteiger partial charge in [0.05, 0.1) is 12.1 Å². The van der Waals surface area contributed by atoms with Crippen LogP contribution in [0.1, 0.15) is 35.6 Å². The fourth-order valence-corrected chi connectivity index (χ4v) is 4.57. The quantitative estimate of drug-likeness (QED) is 0.888. The van der Waals surface area contributed by atoms with Crippen molar-refractivity contribution < 1.29 is 9.50 Å². The van der Waals surface area contributed by atoms with Crippen LogP contribution < -0.4 is 5.32 Å². The number of hydrogen-bond donors (Lipinski definition) is 2. The Kier molecular flexibility index (Phi) is 4.82. The Morgan fingerprint density at radius 1 is 1.12 bits per heavy atom. The lowest BCUT2D eigenvalue weighted by molar-refractivity contribution is 0.00380. The summed E-state index contributed by atoms with van der Waals surface area (Å²) in [5, 5.41) is 14.1. The molecule has 1 spiro atoms. The van der Waals surface area contributed by atoms with E-state index in [2.05, 4.69) is 41.4 Å². The zero-order chi connectivity index (χ0) is 18.1. The maximum Gasteiger partial charge on any atom is 0.123 e. The molecule has 2 aliphatic heterocycles. The minimum Gasteiger partial charge on any atom is -0.392 e. The number of halogens is 1. The van der Waals surface area contributed by atoms with Crippen LogP contribution in [0.4, 0.5) is 4.39 Å². The summed E-state index contributed by atoms with van der Waals surface area (Å²) in [6.07, 6.45) is 1.56. The SMILES string of the molecule is Cc1ccc(C(c2ccc(F)cc2)N2CCC3(CNCCC3O)C2)cc1. The van der Waals surface area contributed by atoms with E-state index in [-0.39, 0.29) is 23.4 Å². The number of hydrogen-bond acceptors (Lipinski definition) is 3. The highest BCUT2D eigenvalue weighted by molar-refractivity contribution is 5.34. The zero-order valence-electron chi connectivity index (χ0n) is 15.3. The van der Waals surface area contributed by atoms with E-state index in [1.807, 2.05) is 12.1 Å². The summed E-state index contributed by atoms with van der Waals surface area (Å²) in [6.45, 7) is 5.65. The fraction of sp³-hybridized carbons (Fsp3) is 0.455. The fourth-order valence-electron chi connectivity index (χ4n) is 4.57. The molecule has 2 heterocycles. The first-order chi connectivity index (χ1) is 12.6. The van der Waals surface area contributed by atoms with Crippen LogP contribution in [0.15, 0.2) is 48.5 Å². The molecule has 0 amide bonds. The molecule has 3 nitrogen and oxygen atoms in total. The number of aryl methyl sites for hydroxylation is 1.